The van der Waals surface area contributed by atoms with E-state index in [1.54, 1.807) is 18.2 Å². The van der Waals surface area contributed by atoms with Crippen molar-refractivity contribution in [2.45, 2.75) is 20.0 Å². The normalized spacial score (nSPS) is 11.5. The van der Waals surface area contributed by atoms with Crippen molar-refractivity contribution < 1.29 is 43.2 Å². The van der Waals surface area contributed by atoms with E-state index in [1.165, 1.54) is 26.0 Å². The van der Waals surface area contributed by atoms with Crippen LogP contribution in [0.3, 0.4) is 0 Å². The largest absolute Gasteiger partial charge is 0.512 e. The van der Waals surface area contributed by atoms with Gasteiger partial charge in [0.15, 0.2) is 5.78 Å². The molecule has 3 aromatic carbocycles. The number of fused-ring (bicyclic) bond motifs is 2. The minimum Gasteiger partial charge on any atom is -0.512 e. The minimum atomic E-state index is -4.43. The van der Waals surface area contributed by atoms with Crippen LogP contribution in [-0.2, 0) is 31.1 Å². The average Bonchev–Trinajstić information content (AvgIpc) is 2.71. The number of aromatic nitrogens is 1. The Bertz CT molecular complexity index is 1280. The summed E-state index contributed by atoms with van der Waals surface area (Å²) in [6.07, 6.45) is -2.36. The standard InChI is InChI=1S/C20H11F3N.C5H8O2.Ir/c21-20(22,23)18-12-24-19(17-8-4-3-7-16(17)18)15-10-9-13-5-1-2-6-14(13)11-15;1-4(6)3-5(2)7;/h1-10,12H;3,6H,1-2H3;/q-1;;/b;4-3-;. The van der Waals surface area contributed by atoms with Crippen molar-refractivity contribution in [1.82, 2.24) is 4.98 Å². The molecular weight excluding hydrogens is 595 g/mol. The molecule has 0 fully saturated rings. The van der Waals surface area contributed by atoms with Crippen LogP contribution in [0.15, 0.2) is 78.7 Å². The molecule has 32 heavy (non-hydrogen) atoms. The Morgan fingerprint density at radius 3 is 2.19 bits per heavy atom. The molecule has 0 aliphatic carbocycles. The number of pyridine rings is 1. The molecule has 1 aromatic heterocycles. The van der Waals surface area contributed by atoms with Crippen LogP contribution in [0, 0.1) is 6.07 Å². The molecule has 0 atom stereocenters. The Balaban J connectivity index is 0.000000398. The number of nitrogens with zero attached hydrogens (tertiary/aromatic N) is 1. The number of rotatable bonds is 2. The van der Waals surface area contributed by atoms with E-state index in [-0.39, 0.29) is 37.0 Å². The van der Waals surface area contributed by atoms with Gasteiger partial charge in [-0.1, -0.05) is 53.4 Å². The van der Waals surface area contributed by atoms with Gasteiger partial charge in [-0.25, -0.2) is 0 Å². The molecule has 3 nitrogen and oxygen atoms in total. The molecule has 0 saturated heterocycles. The number of benzene rings is 3. The van der Waals surface area contributed by atoms with Crippen LogP contribution >= 0.6 is 0 Å². The van der Waals surface area contributed by atoms with Gasteiger partial charge in [0.1, 0.15) is 0 Å². The molecule has 1 N–H and O–H groups in total. The number of aliphatic hydroxyl groups excluding tert-OH is 1. The molecule has 0 spiro atoms. The van der Waals surface area contributed by atoms with Gasteiger partial charge in [-0.2, -0.15) is 13.2 Å². The fraction of sp³-hybridized carbons (Fsp3) is 0.120. The summed E-state index contributed by atoms with van der Waals surface area (Å²) in [6, 6.07) is 21.2. The zero-order valence-corrected chi connectivity index (χ0v) is 19.6. The number of hydrogen-bond donors (Lipinski definition) is 1. The monoisotopic (exact) mass is 615 g/mol. The number of carbonyl (C=O) groups excluding carboxylic acids is 1. The van der Waals surface area contributed by atoms with Crippen LogP contribution in [0.5, 0.6) is 0 Å². The third-order valence-corrected chi connectivity index (χ3v) is 4.43. The summed E-state index contributed by atoms with van der Waals surface area (Å²) in [5, 5.41) is 10.9. The van der Waals surface area contributed by atoms with E-state index in [0.29, 0.717) is 16.6 Å². The van der Waals surface area contributed by atoms with Crippen LogP contribution in [0.1, 0.15) is 19.4 Å². The Labute approximate surface area is 197 Å². The molecule has 0 amide bonds. The molecule has 0 aliphatic rings. The fourth-order valence-corrected chi connectivity index (χ4v) is 3.18. The van der Waals surface area contributed by atoms with E-state index in [4.69, 9.17) is 5.11 Å². The SMILES string of the molecule is CC(=O)/C=C(/C)O.FC(F)(F)c1cnc(-c2[c-]c3ccccc3cc2)c2ccccc12.[Ir]. The minimum absolute atomic E-state index is 0. The summed E-state index contributed by atoms with van der Waals surface area (Å²) in [5.74, 6) is -0.0625. The molecule has 7 heteroatoms. The smallest absolute Gasteiger partial charge is 0.418 e. The van der Waals surface area contributed by atoms with E-state index in [0.717, 1.165) is 17.0 Å². The molecule has 1 heterocycles. The van der Waals surface area contributed by atoms with Gasteiger partial charge in [-0.05, 0) is 24.6 Å². The van der Waals surface area contributed by atoms with E-state index < -0.39 is 11.7 Å². The first kappa shape index (κ1) is 25.2. The second-order valence-electron chi connectivity index (χ2n) is 6.92. The van der Waals surface area contributed by atoms with Gasteiger partial charge in [0, 0.05) is 38.1 Å². The zero-order valence-electron chi connectivity index (χ0n) is 17.2. The van der Waals surface area contributed by atoms with E-state index in [9.17, 15) is 18.0 Å². The third kappa shape index (κ3) is 6.02. The predicted molar refractivity (Wildman–Crippen MR) is 116 cm³/mol. The molecular formula is C25H19F3IrNO2-. The van der Waals surface area contributed by atoms with Crippen LogP contribution < -0.4 is 0 Å². The molecule has 0 bridgehead atoms. The Kier molecular flexibility index (Phi) is 8.31. The molecule has 0 unspecified atom stereocenters. The number of carbonyl (C=O) groups is 1. The second kappa shape index (κ2) is 10.5. The Hall–Kier alpha value is -3.02. The van der Waals surface area contributed by atoms with Gasteiger partial charge in [0.25, 0.3) is 0 Å². The van der Waals surface area contributed by atoms with Gasteiger partial charge >= 0.3 is 6.18 Å². The number of ketones is 1. The predicted octanol–water partition coefficient (Wildman–Crippen LogP) is 6.91. The maximum absolute atomic E-state index is 13.2. The zero-order chi connectivity index (χ0) is 22.6. The number of aliphatic hydroxyl groups is 1. The first-order valence-corrected chi connectivity index (χ1v) is 9.41. The number of alkyl halides is 3. The van der Waals surface area contributed by atoms with Crippen LogP contribution in [-0.4, -0.2) is 15.9 Å². The van der Waals surface area contributed by atoms with Crippen LogP contribution in [0.4, 0.5) is 13.2 Å². The topological polar surface area (TPSA) is 50.2 Å². The van der Waals surface area contributed by atoms with Gasteiger partial charge in [-0.15, -0.1) is 29.7 Å². The van der Waals surface area contributed by atoms with Crippen molar-refractivity contribution in [3.8, 4) is 11.3 Å². The number of hydrogen-bond acceptors (Lipinski definition) is 3. The number of allylic oxidation sites excluding steroid dienone is 2. The summed E-state index contributed by atoms with van der Waals surface area (Å²) in [5.41, 5.74) is 0.464. The van der Waals surface area contributed by atoms with E-state index in [2.05, 4.69) is 11.1 Å². The van der Waals surface area contributed by atoms with E-state index >= 15 is 0 Å². The van der Waals surface area contributed by atoms with Crippen LogP contribution in [0.25, 0.3) is 32.8 Å². The first-order chi connectivity index (χ1) is 14.7. The Morgan fingerprint density at radius 1 is 0.969 bits per heavy atom. The molecule has 4 aromatic rings. The van der Waals surface area contributed by atoms with Crippen molar-refractivity contribution in [2.75, 3.05) is 0 Å². The van der Waals surface area contributed by atoms with Crippen molar-refractivity contribution in [3.05, 3.63) is 90.3 Å². The van der Waals surface area contributed by atoms with Gasteiger partial charge in [0.05, 0.1) is 11.3 Å². The molecule has 0 aliphatic heterocycles. The van der Waals surface area contributed by atoms with Gasteiger partial charge < -0.3 is 5.11 Å². The van der Waals surface area contributed by atoms with Gasteiger partial charge in [-0.3, -0.25) is 9.78 Å². The maximum Gasteiger partial charge on any atom is 0.418 e. The van der Waals surface area contributed by atoms with Crippen molar-refractivity contribution >= 4 is 27.3 Å². The summed E-state index contributed by atoms with van der Waals surface area (Å²) in [4.78, 5) is 14.1. The average molecular weight is 615 g/mol. The van der Waals surface area contributed by atoms with Gasteiger partial charge in [0.2, 0.25) is 0 Å². The summed E-state index contributed by atoms with van der Waals surface area (Å²) < 4.78 is 39.6. The summed E-state index contributed by atoms with van der Waals surface area (Å²) in [7, 11) is 0. The summed E-state index contributed by atoms with van der Waals surface area (Å²) in [6.45, 7) is 2.85. The molecule has 4 rings (SSSR count). The van der Waals surface area contributed by atoms with E-state index in [1.807, 2.05) is 36.4 Å². The second-order valence-corrected chi connectivity index (χ2v) is 6.92. The maximum atomic E-state index is 13.2. The quantitative estimate of drug-likeness (QED) is 0.152. The van der Waals surface area contributed by atoms with Crippen molar-refractivity contribution in [2.24, 2.45) is 0 Å². The van der Waals surface area contributed by atoms with Crippen LogP contribution in [0.2, 0.25) is 0 Å². The fourth-order valence-electron chi connectivity index (χ4n) is 3.18. The Morgan fingerprint density at radius 2 is 1.59 bits per heavy atom. The third-order valence-electron chi connectivity index (χ3n) is 4.43. The molecule has 167 valence electrons. The van der Waals surface area contributed by atoms with Crippen molar-refractivity contribution in [3.63, 3.8) is 0 Å². The summed E-state index contributed by atoms with van der Waals surface area (Å²) >= 11 is 0. The first-order valence-electron chi connectivity index (χ1n) is 9.41. The molecule has 0 saturated carbocycles. The molecule has 1 radical (unpaired) electrons. The van der Waals surface area contributed by atoms with Crippen molar-refractivity contribution in [1.29, 1.82) is 0 Å². The number of halogens is 3.